The molecule has 2 nitrogen and oxygen atoms in total. The van der Waals surface area contributed by atoms with Crippen molar-refractivity contribution in [2.75, 3.05) is 24.5 Å². The average molecular weight is 276 g/mol. The maximum atomic E-state index is 13.0. The molecule has 2 aliphatic rings. The summed E-state index contributed by atoms with van der Waals surface area (Å²) in [6, 6.07) is 7.60. The van der Waals surface area contributed by atoms with Gasteiger partial charge in [0.2, 0.25) is 0 Å². The second kappa shape index (κ2) is 6.13. The van der Waals surface area contributed by atoms with Crippen LogP contribution in [0.3, 0.4) is 0 Å². The molecule has 0 saturated heterocycles. The first-order chi connectivity index (χ1) is 9.78. The third-order valence-corrected chi connectivity index (χ3v) is 4.60. The van der Waals surface area contributed by atoms with Crippen molar-refractivity contribution in [3.8, 4) is 0 Å². The van der Waals surface area contributed by atoms with Gasteiger partial charge in [-0.2, -0.15) is 0 Å². The van der Waals surface area contributed by atoms with E-state index in [4.69, 9.17) is 0 Å². The Hall–Kier alpha value is -1.09. The Labute approximate surface area is 121 Å². The van der Waals surface area contributed by atoms with Gasteiger partial charge in [-0.3, -0.25) is 0 Å². The minimum atomic E-state index is -0.162. The predicted molar refractivity (Wildman–Crippen MR) is 81.5 cm³/mol. The Morgan fingerprint density at radius 2 is 1.75 bits per heavy atom. The Balaban J connectivity index is 1.49. The normalized spacial score (nSPS) is 18.6. The lowest BCUT2D eigenvalue weighted by molar-refractivity contribution is 0.420. The fraction of sp³-hybridized carbons (Fsp3) is 0.647. The van der Waals surface area contributed by atoms with Crippen molar-refractivity contribution in [3.63, 3.8) is 0 Å². The molecule has 1 N–H and O–H groups in total. The van der Waals surface area contributed by atoms with Gasteiger partial charge in [-0.1, -0.05) is 0 Å². The van der Waals surface area contributed by atoms with Crippen molar-refractivity contribution >= 4 is 5.69 Å². The molecule has 0 aromatic heterocycles. The average Bonchev–Trinajstić information content (AvgIpc) is 3.34. The number of likely N-dealkylation sites (N-methyl/N-ethyl adjacent to an activating group) is 1. The summed E-state index contributed by atoms with van der Waals surface area (Å²) >= 11 is 0. The van der Waals surface area contributed by atoms with Crippen LogP contribution in [-0.2, 0) is 0 Å². The molecule has 3 heteroatoms. The van der Waals surface area contributed by atoms with E-state index in [1.165, 1.54) is 25.7 Å². The van der Waals surface area contributed by atoms with Crippen molar-refractivity contribution in [2.24, 2.45) is 11.8 Å². The lowest BCUT2D eigenvalue weighted by Gasteiger charge is -2.25. The highest BCUT2D eigenvalue weighted by molar-refractivity contribution is 5.46. The fourth-order valence-corrected chi connectivity index (χ4v) is 3.12. The van der Waals surface area contributed by atoms with Gasteiger partial charge in [-0.15, -0.1) is 0 Å². The van der Waals surface area contributed by atoms with Crippen LogP contribution in [-0.4, -0.2) is 25.7 Å². The monoisotopic (exact) mass is 276 g/mol. The number of hydrogen-bond acceptors (Lipinski definition) is 2. The standard InChI is InChI=1S/C17H25FN2/c1-2-20(16-9-7-15(18)8-10-16)12-11-19-17(13-3-4-13)14-5-6-14/h7-10,13-14,17,19H,2-6,11-12H2,1H3. The molecule has 0 amide bonds. The molecule has 0 bridgehead atoms. The summed E-state index contributed by atoms with van der Waals surface area (Å²) in [5.74, 6) is 1.73. The first-order valence-electron chi connectivity index (χ1n) is 8.02. The molecule has 0 atom stereocenters. The summed E-state index contributed by atoms with van der Waals surface area (Å²) < 4.78 is 13.0. The van der Waals surface area contributed by atoms with Crippen LogP contribution in [0.5, 0.6) is 0 Å². The molecule has 0 aliphatic heterocycles. The summed E-state index contributed by atoms with van der Waals surface area (Å²) in [5.41, 5.74) is 1.12. The molecule has 2 saturated carbocycles. The number of hydrogen-bond donors (Lipinski definition) is 1. The Kier molecular flexibility index (Phi) is 4.25. The summed E-state index contributed by atoms with van der Waals surface area (Å²) in [7, 11) is 0. The van der Waals surface area contributed by atoms with Crippen molar-refractivity contribution in [1.29, 1.82) is 0 Å². The van der Waals surface area contributed by atoms with Gasteiger partial charge in [0.25, 0.3) is 0 Å². The van der Waals surface area contributed by atoms with Crippen molar-refractivity contribution in [1.82, 2.24) is 5.32 Å². The summed E-state index contributed by atoms with van der Waals surface area (Å²) in [4.78, 5) is 2.31. The van der Waals surface area contributed by atoms with E-state index in [1.807, 2.05) is 12.1 Å². The van der Waals surface area contributed by atoms with Crippen LogP contribution in [0.2, 0.25) is 0 Å². The predicted octanol–water partition coefficient (Wildman–Crippen LogP) is 3.43. The number of nitrogens with one attached hydrogen (secondary N) is 1. The molecule has 0 spiro atoms. The van der Waals surface area contributed by atoms with Gasteiger partial charge in [0.15, 0.2) is 0 Å². The molecule has 2 aliphatic carbocycles. The van der Waals surface area contributed by atoms with Crippen molar-refractivity contribution < 1.29 is 4.39 Å². The second-order valence-electron chi connectivity index (χ2n) is 6.21. The van der Waals surface area contributed by atoms with Gasteiger partial charge in [-0.05, 0) is 68.7 Å². The van der Waals surface area contributed by atoms with Crippen LogP contribution in [0.15, 0.2) is 24.3 Å². The molecule has 0 radical (unpaired) electrons. The molecule has 1 aromatic carbocycles. The van der Waals surface area contributed by atoms with Crippen LogP contribution in [0.1, 0.15) is 32.6 Å². The van der Waals surface area contributed by atoms with Crippen molar-refractivity contribution in [3.05, 3.63) is 30.1 Å². The zero-order valence-electron chi connectivity index (χ0n) is 12.3. The van der Waals surface area contributed by atoms with Crippen LogP contribution in [0.25, 0.3) is 0 Å². The van der Waals surface area contributed by atoms with Crippen LogP contribution in [0.4, 0.5) is 10.1 Å². The third-order valence-electron chi connectivity index (χ3n) is 4.60. The molecule has 110 valence electrons. The molecule has 0 unspecified atom stereocenters. The van der Waals surface area contributed by atoms with E-state index in [-0.39, 0.29) is 5.82 Å². The largest absolute Gasteiger partial charge is 0.371 e. The highest BCUT2D eigenvalue weighted by atomic mass is 19.1. The van der Waals surface area contributed by atoms with E-state index in [1.54, 1.807) is 12.1 Å². The summed E-state index contributed by atoms with van der Waals surface area (Å²) in [5, 5.41) is 3.77. The SMILES string of the molecule is CCN(CCNC(C1CC1)C1CC1)c1ccc(F)cc1. The molecule has 20 heavy (non-hydrogen) atoms. The van der Waals surface area contributed by atoms with E-state index in [0.717, 1.165) is 43.2 Å². The first kappa shape index (κ1) is 13.9. The molecule has 1 aromatic rings. The number of rotatable bonds is 8. The molecule has 0 heterocycles. The van der Waals surface area contributed by atoms with Gasteiger partial charge in [-0.25, -0.2) is 4.39 Å². The number of halogens is 1. The fourth-order valence-electron chi connectivity index (χ4n) is 3.12. The molecular weight excluding hydrogens is 251 g/mol. The van der Waals surface area contributed by atoms with Gasteiger partial charge < -0.3 is 10.2 Å². The minimum Gasteiger partial charge on any atom is -0.371 e. The highest BCUT2D eigenvalue weighted by Gasteiger charge is 2.40. The van der Waals surface area contributed by atoms with Crippen molar-refractivity contribution in [2.45, 2.75) is 38.6 Å². The lowest BCUT2D eigenvalue weighted by Crippen LogP contribution is -2.39. The van der Waals surface area contributed by atoms with Gasteiger partial charge in [0.05, 0.1) is 0 Å². The van der Waals surface area contributed by atoms with E-state index in [2.05, 4.69) is 17.1 Å². The Morgan fingerprint density at radius 3 is 2.25 bits per heavy atom. The second-order valence-corrected chi connectivity index (χ2v) is 6.21. The van der Waals surface area contributed by atoms with Gasteiger partial charge in [0.1, 0.15) is 5.82 Å². The first-order valence-corrected chi connectivity index (χ1v) is 8.02. The van der Waals surface area contributed by atoms with Crippen LogP contribution < -0.4 is 10.2 Å². The highest BCUT2D eigenvalue weighted by Crippen LogP contribution is 2.44. The lowest BCUT2D eigenvalue weighted by atomic mass is 10.1. The number of benzene rings is 1. The van der Waals surface area contributed by atoms with Crippen LogP contribution >= 0.6 is 0 Å². The number of nitrogens with zero attached hydrogens (tertiary/aromatic N) is 1. The molecule has 3 rings (SSSR count). The quantitative estimate of drug-likeness (QED) is 0.782. The van der Waals surface area contributed by atoms with E-state index < -0.39 is 0 Å². The zero-order chi connectivity index (χ0) is 13.9. The maximum Gasteiger partial charge on any atom is 0.123 e. The van der Waals surface area contributed by atoms with E-state index in [9.17, 15) is 4.39 Å². The van der Waals surface area contributed by atoms with Gasteiger partial charge >= 0.3 is 0 Å². The Bertz CT molecular complexity index is 411. The third kappa shape index (κ3) is 3.51. The molecular formula is C17H25FN2. The zero-order valence-corrected chi connectivity index (χ0v) is 12.3. The molecule has 2 fully saturated rings. The topological polar surface area (TPSA) is 15.3 Å². The van der Waals surface area contributed by atoms with E-state index >= 15 is 0 Å². The summed E-state index contributed by atoms with van der Waals surface area (Å²) in [6.07, 6.45) is 5.68. The van der Waals surface area contributed by atoms with Gasteiger partial charge in [0, 0.05) is 31.4 Å². The number of anilines is 1. The maximum absolute atomic E-state index is 13.0. The Morgan fingerprint density at radius 1 is 1.15 bits per heavy atom. The summed E-state index contributed by atoms with van der Waals surface area (Å²) in [6.45, 7) is 5.15. The van der Waals surface area contributed by atoms with E-state index in [0.29, 0.717) is 0 Å². The minimum absolute atomic E-state index is 0.162. The van der Waals surface area contributed by atoms with Crippen LogP contribution in [0, 0.1) is 17.7 Å². The smallest absolute Gasteiger partial charge is 0.123 e.